The Morgan fingerprint density at radius 3 is 2.52 bits per heavy atom. The molecule has 148 valence electrons. The molecule has 0 bridgehead atoms. The number of benzene rings is 2. The van der Waals surface area contributed by atoms with E-state index in [0.29, 0.717) is 11.5 Å². The van der Waals surface area contributed by atoms with Crippen molar-refractivity contribution in [1.29, 1.82) is 0 Å². The van der Waals surface area contributed by atoms with Crippen LogP contribution in [0.1, 0.15) is 5.69 Å². The summed E-state index contributed by atoms with van der Waals surface area (Å²) in [4.78, 5) is 4.76. The highest BCUT2D eigenvalue weighted by molar-refractivity contribution is 7.13. The fourth-order valence-electron chi connectivity index (χ4n) is 3.02. The highest BCUT2D eigenvalue weighted by atomic mass is 32.1. The Labute approximate surface area is 172 Å². The van der Waals surface area contributed by atoms with Crippen molar-refractivity contribution in [2.24, 2.45) is 0 Å². The first-order valence-corrected chi connectivity index (χ1v) is 9.77. The Morgan fingerprint density at radius 2 is 1.76 bits per heavy atom. The van der Waals surface area contributed by atoms with Crippen molar-refractivity contribution in [2.75, 3.05) is 21.3 Å². The van der Waals surface area contributed by atoms with Crippen LogP contribution in [0.15, 0.2) is 47.8 Å². The molecule has 2 aromatic heterocycles. The molecule has 0 amide bonds. The van der Waals surface area contributed by atoms with Gasteiger partial charge in [-0.2, -0.15) is 0 Å². The molecule has 0 aliphatic carbocycles. The molecule has 0 unspecified atom stereocenters. The fraction of sp³-hybridized carbons (Fsp3) is 0.190. The van der Waals surface area contributed by atoms with E-state index in [-0.39, 0.29) is 0 Å². The lowest BCUT2D eigenvalue weighted by molar-refractivity contribution is 0.355. The number of rotatable bonds is 6. The van der Waals surface area contributed by atoms with Crippen LogP contribution in [0.25, 0.3) is 27.6 Å². The first-order valence-electron chi connectivity index (χ1n) is 8.89. The number of hydrogen-bond acceptors (Lipinski definition) is 7. The van der Waals surface area contributed by atoms with Crippen LogP contribution < -0.4 is 14.2 Å². The first-order chi connectivity index (χ1) is 14.1. The lowest BCUT2D eigenvalue weighted by Gasteiger charge is -2.08. The van der Waals surface area contributed by atoms with Gasteiger partial charge in [-0.05, 0) is 37.3 Å². The Hall–Kier alpha value is -3.39. The minimum absolute atomic E-state index is 0.666. The van der Waals surface area contributed by atoms with Crippen LogP contribution in [0.5, 0.6) is 17.2 Å². The van der Waals surface area contributed by atoms with Crippen molar-refractivity contribution in [1.82, 2.24) is 20.0 Å². The Bertz CT molecular complexity index is 1150. The average molecular weight is 408 g/mol. The van der Waals surface area contributed by atoms with Crippen LogP contribution in [0.3, 0.4) is 0 Å². The maximum atomic E-state index is 5.39. The maximum Gasteiger partial charge on any atom is 0.161 e. The van der Waals surface area contributed by atoms with Gasteiger partial charge in [0.1, 0.15) is 16.5 Å². The van der Waals surface area contributed by atoms with E-state index in [1.807, 2.05) is 54.8 Å². The van der Waals surface area contributed by atoms with E-state index in [2.05, 4.69) is 10.3 Å². The molecule has 4 rings (SSSR count). The second-order valence-corrected chi connectivity index (χ2v) is 7.10. The highest BCUT2D eigenvalue weighted by Gasteiger charge is 2.17. The van der Waals surface area contributed by atoms with Crippen molar-refractivity contribution in [2.45, 2.75) is 6.92 Å². The molecule has 0 saturated heterocycles. The van der Waals surface area contributed by atoms with E-state index in [9.17, 15) is 0 Å². The molecule has 0 atom stereocenters. The number of thiazole rings is 1. The molecule has 0 spiro atoms. The normalized spacial score (nSPS) is 10.8. The summed E-state index contributed by atoms with van der Waals surface area (Å²) in [6, 6.07) is 13.4. The van der Waals surface area contributed by atoms with E-state index in [1.54, 1.807) is 26.0 Å². The van der Waals surface area contributed by atoms with Gasteiger partial charge in [0.25, 0.3) is 0 Å². The van der Waals surface area contributed by atoms with E-state index < -0.39 is 0 Å². The molecule has 4 aromatic rings. The summed E-state index contributed by atoms with van der Waals surface area (Å²) in [6.07, 6.45) is 0. The minimum Gasteiger partial charge on any atom is -0.497 e. The van der Waals surface area contributed by atoms with Gasteiger partial charge < -0.3 is 14.2 Å². The van der Waals surface area contributed by atoms with Gasteiger partial charge in [-0.25, -0.2) is 9.67 Å². The summed E-state index contributed by atoms with van der Waals surface area (Å²) in [5.41, 5.74) is 4.34. The Kier molecular flexibility index (Phi) is 5.18. The quantitative estimate of drug-likeness (QED) is 0.471. The summed E-state index contributed by atoms with van der Waals surface area (Å²) in [5.74, 6) is 2.12. The number of nitrogens with zero attached hydrogens (tertiary/aromatic N) is 4. The molecule has 0 N–H and O–H groups in total. The highest BCUT2D eigenvalue weighted by Crippen LogP contribution is 2.35. The summed E-state index contributed by atoms with van der Waals surface area (Å²) in [5, 5.41) is 11.5. The molecule has 2 heterocycles. The SMILES string of the molecule is COc1cccc(-n2nnc(-c3nc(-c4ccc(OC)c(OC)c4)cs3)c2C)c1. The standard InChI is InChI=1S/C21H20N4O3S/c1-13-20(23-24-25(13)15-6-5-7-16(11-15)26-2)21-22-17(12-29-21)14-8-9-18(27-3)19(10-14)28-4/h5-12H,1-4H3. The van der Waals surface area contributed by atoms with Crippen LogP contribution in [0.2, 0.25) is 0 Å². The van der Waals surface area contributed by atoms with Crippen molar-refractivity contribution >= 4 is 11.3 Å². The second kappa shape index (κ2) is 7.92. The van der Waals surface area contributed by atoms with Crippen LogP contribution in [0, 0.1) is 6.92 Å². The third kappa shape index (κ3) is 3.54. The number of hydrogen-bond donors (Lipinski definition) is 0. The smallest absolute Gasteiger partial charge is 0.161 e. The molecule has 2 aromatic carbocycles. The van der Waals surface area contributed by atoms with Crippen molar-refractivity contribution in [3.8, 4) is 44.9 Å². The van der Waals surface area contributed by atoms with E-state index >= 15 is 0 Å². The van der Waals surface area contributed by atoms with Gasteiger partial charge in [-0.15, -0.1) is 16.4 Å². The van der Waals surface area contributed by atoms with Gasteiger partial charge in [-0.3, -0.25) is 0 Å². The van der Waals surface area contributed by atoms with Gasteiger partial charge in [-0.1, -0.05) is 11.3 Å². The van der Waals surface area contributed by atoms with Crippen LogP contribution in [0.4, 0.5) is 0 Å². The molecule has 0 fully saturated rings. The molecule has 7 nitrogen and oxygen atoms in total. The lowest BCUT2D eigenvalue weighted by Crippen LogP contribution is -1.99. The predicted octanol–water partition coefficient (Wildman–Crippen LogP) is 4.39. The Balaban J connectivity index is 1.68. The molecule has 0 saturated carbocycles. The van der Waals surface area contributed by atoms with Gasteiger partial charge in [0.15, 0.2) is 11.5 Å². The summed E-state index contributed by atoms with van der Waals surface area (Å²) < 4.78 is 17.8. The topological polar surface area (TPSA) is 71.3 Å². The first kappa shape index (κ1) is 18.9. The van der Waals surface area contributed by atoms with Crippen molar-refractivity contribution < 1.29 is 14.2 Å². The molecule has 0 radical (unpaired) electrons. The molecular weight excluding hydrogens is 388 g/mol. The zero-order chi connectivity index (χ0) is 20.4. The Morgan fingerprint density at radius 1 is 0.931 bits per heavy atom. The summed E-state index contributed by atoms with van der Waals surface area (Å²) in [6.45, 7) is 1.98. The van der Waals surface area contributed by atoms with Gasteiger partial charge >= 0.3 is 0 Å². The zero-order valence-electron chi connectivity index (χ0n) is 16.5. The predicted molar refractivity (Wildman–Crippen MR) is 112 cm³/mol. The third-order valence-corrected chi connectivity index (χ3v) is 5.43. The second-order valence-electron chi connectivity index (χ2n) is 6.24. The number of aromatic nitrogens is 4. The van der Waals surface area contributed by atoms with Gasteiger partial charge in [0, 0.05) is 17.0 Å². The zero-order valence-corrected chi connectivity index (χ0v) is 17.4. The molecular formula is C21H20N4O3S. The molecule has 8 heteroatoms. The third-order valence-electron chi connectivity index (χ3n) is 4.58. The number of methoxy groups -OCH3 is 3. The van der Waals surface area contributed by atoms with Gasteiger partial charge in [0.2, 0.25) is 0 Å². The monoisotopic (exact) mass is 408 g/mol. The summed E-state index contributed by atoms with van der Waals surface area (Å²) in [7, 11) is 4.88. The van der Waals surface area contributed by atoms with Crippen LogP contribution in [-0.4, -0.2) is 41.3 Å². The number of ether oxygens (including phenoxy) is 3. The van der Waals surface area contributed by atoms with Crippen molar-refractivity contribution in [3.05, 3.63) is 53.5 Å². The maximum absolute atomic E-state index is 5.39. The van der Waals surface area contributed by atoms with E-state index in [0.717, 1.165) is 39.1 Å². The van der Waals surface area contributed by atoms with Crippen LogP contribution in [-0.2, 0) is 0 Å². The van der Waals surface area contributed by atoms with E-state index in [1.165, 1.54) is 11.3 Å². The molecule has 0 aliphatic rings. The average Bonchev–Trinajstić information content (AvgIpc) is 3.40. The fourth-order valence-corrected chi connectivity index (χ4v) is 3.89. The minimum atomic E-state index is 0.666. The van der Waals surface area contributed by atoms with Crippen LogP contribution >= 0.6 is 11.3 Å². The van der Waals surface area contributed by atoms with Crippen molar-refractivity contribution in [3.63, 3.8) is 0 Å². The largest absolute Gasteiger partial charge is 0.497 e. The molecule has 29 heavy (non-hydrogen) atoms. The van der Waals surface area contributed by atoms with E-state index in [4.69, 9.17) is 19.2 Å². The van der Waals surface area contributed by atoms with Gasteiger partial charge in [0.05, 0.1) is 38.4 Å². The molecule has 0 aliphatic heterocycles. The summed E-state index contributed by atoms with van der Waals surface area (Å²) >= 11 is 1.53. The lowest BCUT2D eigenvalue weighted by atomic mass is 10.1.